The van der Waals surface area contributed by atoms with Crippen molar-refractivity contribution in [2.24, 2.45) is 0 Å². The minimum Gasteiger partial charge on any atom is -0.481 e. The highest BCUT2D eigenvalue weighted by molar-refractivity contribution is 9.09. The maximum Gasteiger partial charge on any atom is 0.212 e. The lowest BCUT2D eigenvalue weighted by Gasteiger charge is -2.04. The molecule has 0 saturated heterocycles. The minimum atomic E-state index is -0.402. The van der Waals surface area contributed by atoms with Gasteiger partial charge in [0.1, 0.15) is 0 Å². The van der Waals surface area contributed by atoms with Gasteiger partial charge in [-0.05, 0) is 43.2 Å². The highest BCUT2D eigenvalue weighted by Crippen LogP contribution is 2.22. The van der Waals surface area contributed by atoms with Gasteiger partial charge in [0.2, 0.25) is 5.88 Å². The van der Waals surface area contributed by atoms with Crippen LogP contribution in [0.2, 0.25) is 0 Å². The monoisotopic (exact) mass is 445 g/mol. The Morgan fingerprint density at radius 2 is 1.36 bits per heavy atom. The third-order valence-corrected chi connectivity index (χ3v) is 4.75. The number of alkyl halides is 1. The van der Waals surface area contributed by atoms with E-state index in [4.69, 9.17) is 4.74 Å². The number of methoxy groups -OCH3 is 1. The summed E-state index contributed by atoms with van der Waals surface area (Å²) in [5, 5.41) is 9.27. The van der Waals surface area contributed by atoms with E-state index in [-0.39, 0.29) is 0 Å². The Morgan fingerprint density at radius 1 is 0.821 bits per heavy atom. The van der Waals surface area contributed by atoms with Crippen LogP contribution in [0.15, 0.2) is 73.2 Å². The van der Waals surface area contributed by atoms with Crippen LogP contribution in [0.1, 0.15) is 49.0 Å². The number of aliphatic hydroxyl groups is 1. The van der Waals surface area contributed by atoms with Gasteiger partial charge >= 0.3 is 0 Å². The van der Waals surface area contributed by atoms with Crippen LogP contribution in [0.25, 0.3) is 0 Å². The molecule has 0 fully saturated rings. The first-order chi connectivity index (χ1) is 13.6. The molecule has 3 rings (SSSR count). The first-order valence-electron chi connectivity index (χ1n) is 9.21. The largest absolute Gasteiger partial charge is 0.481 e. The molecule has 2 atom stereocenters. The predicted molar refractivity (Wildman–Crippen MR) is 116 cm³/mol. The van der Waals surface area contributed by atoms with Crippen LogP contribution in [-0.4, -0.2) is 27.2 Å². The molecule has 0 bridgehead atoms. The number of ether oxygens (including phenoxy) is 1. The Morgan fingerprint density at radius 3 is 1.71 bits per heavy atom. The van der Waals surface area contributed by atoms with Gasteiger partial charge in [-0.15, -0.1) is 0 Å². The van der Waals surface area contributed by atoms with Gasteiger partial charge in [-0.1, -0.05) is 48.0 Å². The third-order valence-electron chi connectivity index (χ3n) is 3.63. The summed E-state index contributed by atoms with van der Waals surface area (Å²) in [6.45, 7) is 4.06. The van der Waals surface area contributed by atoms with E-state index in [9.17, 15) is 5.11 Å². The topological polar surface area (TPSA) is 68.1 Å². The van der Waals surface area contributed by atoms with Gasteiger partial charge in [0, 0.05) is 24.7 Å². The second kappa shape index (κ2) is 14.7. The summed E-state index contributed by atoms with van der Waals surface area (Å²) in [4.78, 5) is 12.5. The van der Waals surface area contributed by atoms with Crippen molar-refractivity contribution in [3.8, 4) is 5.88 Å². The molecule has 2 unspecified atom stereocenters. The van der Waals surface area contributed by atoms with Gasteiger partial charge < -0.3 is 9.84 Å². The fourth-order valence-electron chi connectivity index (χ4n) is 2.02. The zero-order valence-corrected chi connectivity index (χ0v) is 18.2. The van der Waals surface area contributed by atoms with Gasteiger partial charge in [-0.3, -0.25) is 9.97 Å². The highest BCUT2D eigenvalue weighted by Gasteiger charge is 2.03. The van der Waals surface area contributed by atoms with E-state index in [1.54, 1.807) is 25.6 Å². The van der Waals surface area contributed by atoms with Crippen molar-refractivity contribution in [1.29, 1.82) is 0 Å². The Balaban J connectivity index is 0.000000212. The molecule has 0 spiro atoms. The van der Waals surface area contributed by atoms with Crippen LogP contribution in [0.4, 0.5) is 0 Å². The number of hydrogen-bond donors (Lipinski definition) is 1. The number of aliphatic hydroxyl groups excluding tert-OH is 1. The SMILES string of the molecule is CCC(Br)c1ccccn1.CCC(O)c1ccccn1.COc1ccccn1. The normalized spacial score (nSPS) is 11.8. The summed E-state index contributed by atoms with van der Waals surface area (Å²) in [6, 6.07) is 17.0. The van der Waals surface area contributed by atoms with Crippen molar-refractivity contribution >= 4 is 15.9 Å². The van der Waals surface area contributed by atoms with Crippen LogP contribution in [0.3, 0.4) is 0 Å². The Labute approximate surface area is 176 Å². The van der Waals surface area contributed by atoms with Crippen molar-refractivity contribution in [1.82, 2.24) is 15.0 Å². The minimum absolute atomic E-state index is 0.402. The molecule has 3 aromatic rings. The number of nitrogens with zero attached hydrogens (tertiary/aromatic N) is 3. The van der Waals surface area contributed by atoms with E-state index in [1.165, 1.54) is 0 Å². The van der Waals surface area contributed by atoms with Gasteiger partial charge in [-0.2, -0.15) is 0 Å². The highest BCUT2D eigenvalue weighted by atomic mass is 79.9. The number of pyridine rings is 3. The Kier molecular flexibility index (Phi) is 12.5. The van der Waals surface area contributed by atoms with E-state index in [2.05, 4.69) is 37.8 Å². The molecule has 0 aliphatic rings. The van der Waals surface area contributed by atoms with Gasteiger partial charge in [0.05, 0.1) is 29.4 Å². The van der Waals surface area contributed by atoms with Gasteiger partial charge in [0.15, 0.2) is 0 Å². The average molecular weight is 446 g/mol. The molecule has 28 heavy (non-hydrogen) atoms. The molecule has 0 aliphatic carbocycles. The fourth-order valence-corrected chi connectivity index (χ4v) is 2.29. The zero-order chi connectivity index (χ0) is 20.6. The molecule has 3 heterocycles. The van der Waals surface area contributed by atoms with E-state index in [0.717, 1.165) is 24.2 Å². The summed E-state index contributed by atoms with van der Waals surface area (Å²) in [5.41, 5.74) is 1.87. The lowest BCUT2D eigenvalue weighted by molar-refractivity contribution is 0.169. The summed E-state index contributed by atoms with van der Waals surface area (Å²) < 4.78 is 4.80. The summed E-state index contributed by atoms with van der Waals surface area (Å²) in [7, 11) is 1.60. The molecule has 0 saturated carbocycles. The van der Waals surface area contributed by atoms with Crippen LogP contribution in [0, 0.1) is 0 Å². The molecule has 6 heteroatoms. The number of rotatable bonds is 5. The summed E-state index contributed by atoms with van der Waals surface area (Å²) >= 11 is 3.52. The van der Waals surface area contributed by atoms with Gasteiger partial charge in [0.25, 0.3) is 0 Å². The van der Waals surface area contributed by atoms with Gasteiger partial charge in [-0.25, -0.2) is 4.98 Å². The summed E-state index contributed by atoms with van der Waals surface area (Å²) in [6.07, 6.45) is 6.60. The molecule has 5 nitrogen and oxygen atoms in total. The quantitative estimate of drug-likeness (QED) is 0.521. The standard InChI is InChI=1S/C8H10BrN.C8H11NO.C6H7NO/c1-2-7(9)8-5-3-4-6-10-8;1-2-8(10)7-5-3-4-6-9-7;1-8-6-4-2-3-5-7-6/h3-7H,2H2,1H3;3-6,8,10H,2H2,1H3;2-5H,1H3. The van der Waals surface area contributed by atoms with E-state index >= 15 is 0 Å². The average Bonchev–Trinajstić information content (AvgIpc) is 2.80. The second-order valence-electron chi connectivity index (χ2n) is 5.68. The Bertz CT molecular complexity index is 685. The number of hydrogen-bond acceptors (Lipinski definition) is 5. The molecule has 150 valence electrons. The molecule has 0 amide bonds. The molecule has 0 aromatic carbocycles. The zero-order valence-electron chi connectivity index (χ0n) is 16.6. The first kappa shape index (κ1) is 23.7. The van der Waals surface area contributed by atoms with Crippen molar-refractivity contribution in [3.63, 3.8) is 0 Å². The van der Waals surface area contributed by atoms with Crippen molar-refractivity contribution in [3.05, 3.63) is 84.6 Å². The molecule has 3 aromatic heterocycles. The van der Waals surface area contributed by atoms with E-state index < -0.39 is 6.10 Å². The maximum atomic E-state index is 9.27. The molecule has 0 aliphatic heterocycles. The molecule has 1 N–H and O–H groups in total. The number of halogens is 1. The smallest absolute Gasteiger partial charge is 0.212 e. The Hall–Kier alpha value is -2.31. The molecular formula is C22H28BrN3O2. The van der Waals surface area contributed by atoms with Crippen LogP contribution in [-0.2, 0) is 0 Å². The predicted octanol–water partition coefficient (Wildman–Crippen LogP) is 5.54. The molecule has 0 radical (unpaired) electrons. The van der Waals surface area contributed by atoms with Crippen LogP contribution >= 0.6 is 15.9 Å². The third kappa shape index (κ3) is 9.58. The lowest BCUT2D eigenvalue weighted by Crippen LogP contribution is -1.96. The van der Waals surface area contributed by atoms with Crippen molar-refractivity contribution in [2.45, 2.75) is 37.6 Å². The van der Waals surface area contributed by atoms with Crippen molar-refractivity contribution in [2.75, 3.05) is 7.11 Å². The van der Waals surface area contributed by atoms with Crippen LogP contribution in [0.5, 0.6) is 5.88 Å². The summed E-state index contributed by atoms with van der Waals surface area (Å²) in [5.74, 6) is 0.660. The first-order valence-corrected chi connectivity index (χ1v) is 10.1. The van der Waals surface area contributed by atoms with E-state index in [0.29, 0.717) is 10.7 Å². The van der Waals surface area contributed by atoms with Crippen molar-refractivity contribution < 1.29 is 9.84 Å². The van der Waals surface area contributed by atoms with E-state index in [1.807, 2.05) is 61.7 Å². The maximum absolute atomic E-state index is 9.27. The molecular weight excluding hydrogens is 418 g/mol. The second-order valence-corrected chi connectivity index (χ2v) is 6.79. The lowest BCUT2D eigenvalue weighted by atomic mass is 10.2. The fraction of sp³-hybridized carbons (Fsp3) is 0.318. The number of aromatic nitrogens is 3. The van der Waals surface area contributed by atoms with Crippen LogP contribution < -0.4 is 4.74 Å².